The summed E-state index contributed by atoms with van der Waals surface area (Å²) in [7, 11) is 0. The highest BCUT2D eigenvalue weighted by Gasteiger charge is 2.18. The molecule has 1 N–H and O–H groups in total. The van der Waals surface area contributed by atoms with Crippen molar-refractivity contribution in [3.8, 4) is 17.3 Å². The first kappa shape index (κ1) is 24.1. The van der Waals surface area contributed by atoms with Crippen LogP contribution in [0.4, 0.5) is 0 Å². The predicted octanol–water partition coefficient (Wildman–Crippen LogP) is 6.11. The highest BCUT2D eigenvalue weighted by Crippen LogP contribution is 2.28. The molecule has 3 aromatic heterocycles. The van der Waals surface area contributed by atoms with Crippen molar-refractivity contribution in [1.29, 1.82) is 0 Å². The molecule has 6 aromatic rings. The SMILES string of the molecule is Cc1c(C(=O)O)cccc1-n1c(C)cc(C=Nn2c(-c3cc4ccccc4o3)nc3ccccc3c2=O)c1C. The van der Waals surface area contributed by atoms with Gasteiger partial charge in [-0.3, -0.25) is 4.79 Å². The summed E-state index contributed by atoms with van der Waals surface area (Å²) in [6, 6.07) is 23.8. The Kier molecular flexibility index (Phi) is 5.72. The second-order valence-electron chi connectivity index (χ2n) is 9.38. The number of furan rings is 1. The van der Waals surface area contributed by atoms with Gasteiger partial charge in [0.2, 0.25) is 5.82 Å². The zero-order chi connectivity index (χ0) is 27.3. The van der Waals surface area contributed by atoms with E-state index in [0.29, 0.717) is 33.6 Å². The first-order valence-electron chi connectivity index (χ1n) is 12.4. The van der Waals surface area contributed by atoms with Crippen molar-refractivity contribution in [1.82, 2.24) is 14.2 Å². The van der Waals surface area contributed by atoms with E-state index < -0.39 is 5.97 Å². The van der Waals surface area contributed by atoms with E-state index >= 15 is 0 Å². The van der Waals surface area contributed by atoms with E-state index in [1.807, 2.05) is 66.9 Å². The number of fused-ring (bicyclic) bond motifs is 2. The number of hydrogen-bond acceptors (Lipinski definition) is 5. The van der Waals surface area contributed by atoms with Crippen LogP contribution in [0.3, 0.4) is 0 Å². The Bertz CT molecular complexity index is 1980. The molecule has 0 aliphatic heterocycles. The van der Waals surface area contributed by atoms with Crippen LogP contribution in [0.1, 0.15) is 32.9 Å². The number of aryl methyl sites for hydroxylation is 1. The van der Waals surface area contributed by atoms with Gasteiger partial charge in [0.05, 0.1) is 22.7 Å². The van der Waals surface area contributed by atoms with E-state index in [1.165, 1.54) is 4.68 Å². The highest BCUT2D eigenvalue weighted by molar-refractivity contribution is 5.91. The topological polar surface area (TPSA) is 103 Å². The first-order chi connectivity index (χ1) is 18.8. The van der Waals surface area contributed by atoms with Crippen molar-refractivity contribution in [2.45, 2.75) is 20.8 Å². The maximum Gasteiger partial charge on any atom is 0.336 e. The number of para-hydroxylation sites is 2. The lowest BCUT2D eigenvalue weighted by Crippen LogP contribution is -2.20. The molecule has 3 heterocycles. The molecule has 0 saturated carbocycles. The van der Waals surface area contributed by atoms with Crippen LogP contribution in [0, 0.1) is 20.8 Å². The molecule has 192 valence electrons. The average Bonchev–Trinajstić information content (AvgIpc) is 3.48. The summed E-state index contributed by atoms with van der Waals surface area (Å²) >= 11 is 0. The smallest absolute Gasteiger partial charge is 0.336 e. The van der Waals surface area contributed by atoms with E-state index in [4.69, 9.17) is 9.40 Å². The van der Waals surface area contributed by atoms with E-state index in [0.717, 1.165) is 28.0 Å². The third-order valence-electron chi connectivity index (χ3n) is 6.96. The van der Waals surface area contributed by atoms with Gasteiger partial charge >= 0.3 is 5.97 Å². The molecule has 0 unspecified atom stereocenters. The fourth-order valence-electron chi connectivity index (χ4n) is 4.99. The summed E-state index contributed by atoms with van der Waals surface area (Å²) in [4.78, 5) is 30.0. The Balaban J connectivity index is 1.51. The molecular formula is C31H24N4O4. The minimum absolute atomic E-state index is 0.250. The minimum Gasteiger partial charge on any atom is -0.478 e. The van der Waals surface area contributed by atoms with Crippen LogP contribution < -0.4 is 5.56 Å². The first-order valence-corrected chi connectivity index (χ1v) is 12.4. The third kappa shape index (κ3) is 4.02. The molecule has 0 amide bonds. The van der Waals surface area contributed by atoms with Crippen LogP contribution in [0.25, 0.3) is 39.1 Å². The lowest BCUT2D eigenvalue weighted by Gasteiger charge is -2.14. The lowest BCUT2D eigenvalue weighted by atomic mass is 10.1. The normalized spacial score (nSPS) is 11.7. The van der Waals surface area contributed by atoms with Gasteiger partial charge in [0.25, 0.3) is 5.56 Å². The van der Waals surface area contributed by atoms with Crippen LogP contribution in [0.2, 0.25) is 0 Å². The summed E-state index contributed by atoms with van der Waals surface area (Å²) in [5, 5.41) is 15.5. The molecule has 0 radical (unpaired) electrons. The van der Waals surface area contributed by atoms with Crippen LogP contribution in [0.15, 0.2) is 93.2 Å². The Morgan fingerprint density at radius 1 is 0.974 bits per heavy atom. The number of rotatable bonds is 5. The summed E-state index contributed by atoms with van der Waals surface area (Å²) in [5.74, 6) is -0.243. The van der Waals surface area contributed by atoms with Crippen molar-refractivity contribution >= 4 is 34.1 Å². The van der Waals surface area contributed by atoms with Gasteiger partial charge in [0, 0.05) is 28.0 Å². The molecule has 0 aliphatic rings. The fourth-order valence-corrected chi connectivity index (χ4v) is 4.99. The maximum atomic E-state index is 13.6. The number of carboxylic acids is 1. The van der Waals surface area contributed by atoms with Gasteiger partial charge in [-0.05, 0) is 68.8 Å². The summed E-state index contributed by atoms with van der Waals surface area (Å²) in [6.07, 6.45) is 1.62. The van der Waals surface area contributed by atoms with Crippen molar-refractivity contribution in [3.63, 3.8) is 0 Å². The van der Waals surface area contributed by atoms with Gasteiger partial charge < -0.3 is 14.1 Å². The van der Waals surface area contributed by atoms with Gasteiger partial charge in [-0.15, -0.1) is 0 Å². The third-order valence-corrected chi connectivity index (χ3v) is 6.96. The van der Waals surface area contributed by atoms with Gasteiger partial charge in [-0.1, -0.05) is 36.4 Å². The highest BCUT2D eigenvalue weighted by atomic mass is 16.4. The van der Waals surface area contributed by atoms with E-state index in [9.17, 15) is 14.7 Å². The molecule has 0 atom stereocenters. The molecule has 0 fully saturated rings. The largest absolute Gasteiger partial charge is 0.478 e. The van der Waals surface area contributed by atoms with E-state index in [2.05, 4.69) is 5.10 Å². The summed E-state index contributed by atoms with van der Waals surface area (Å²) in [5.41, 5.74) is 5.16. The Labute approximate surface area is 223 Å². The number of hydrogen-bond donors (Lipinski definition) is 1. The zero-order valence-electron chi connectivity index (χ0n) is 21.5. The average molecular weight is 517 g/mol. The Hall–Kier alpha value is -5.24. The molecule has 0 aliphatic carbocycles. The van der Waals surface area contributed by atoms with Gasteiger partial charge in [0.1, 0.15) is 5.58 Å². The Morgan fingerprint density at radius 3 is 2.54 bits per heavy atom. The summed E-state index contributed by atoms with van der Waals surface area (Å²) in [6.45, 7) is 5.68. The van der Waals surface area contributed by atoms with Crippen LogP contribution in [-0.4, -0.2) is 31.5 Å². The second kappa shape index (κ2) is 9.25. The standard InChI is InChI=1S/C31H24N4O4/c1-18-15-22(20(3)34(18)26-13-8-11-23(19(26)2)31(37)38)17-32-35-29(28-16-21-9-4-7-14-27(21)39-28)33-25-12-6-5-10-24(25)30(35)36/h4-17H,1-3H3,(H,37,38). The minimum atomic E-state index is -0.972. The molecule has 39 heavy (non-hydrogen) atoms. The fraction of sp³-hybridized carbons (Fsp3) is 0.0968. The van der Waals surface area contributed by atoms with Crippen molar-refractivity contribution in [2.24, 2.45) is 5.10 Å². The van der Waals surface area contributed by atoms with E-state index in [-0.39, 0.29) is 11.1 Å². The number of nitrogens with zero attached hydrogens (tertiary/aromatic N) is 4. The van der Waals surface area contributed by atoms with E-state index in [1.54, 1.807) is 43.5 Å². The quantitative estimate of drug-likeness (QED) is 0.279. The molecule has 3 aromatic carbocycles. The van der Waals surface area contributed by atoms with Crippen molar-refractivity contribution < 1.29 is 14.3 Å². The predicted molar refractivity (Wildman–Crippen MR) is 151 cm³/mol. The number of carbonyl (C=O) groups is 1. The molecule has 0 bridgehead atoms. The number of aromatic carboxylic acids is 1. The van der Waals surface area contributed by atoms with Crippen molar-refractivity contribution in [2.75, 3.05) is 0 Å². The Morgan fingerprint density at radius 2 is 1.74 bits per heavy atom. The van der Waals surface area contributed by atoms with Gasteiger partial charge in [-0.25, -0.2) is 9.78 Å². The molecule has 0 saturated heterocycles. The summed E-state index contributed by atoms with van der Waals surface area (Å²) < 4.78 is 9.31. The number of benzene rings is 3. The number of aromatic nitrogens is 3. The zero-order valence-corrected chi connectivity index (χ0v) is 21.5. The van der Waals surface area contributed by atoms with Gasteiger partial charge in [-0.2, -0.15) is 9.78 Å². The van der Waals surface area contributed by atoms with Crippen LogP contribution >= 0.6 is 0 Å². The molecule has 8 nitrogen and oxygen atoms in total. The lowest BCUT2D eigenvalue weighted by molar-refractivity contribution is 0.0696. The molecular weight excluding hydrogens is 492 g/mol. The maximum absolute atomic E-state index is 13.6. The van der Waals surface area contributed by atoms with Crippen LogP contribution in [-0.2, 0) is 0 Å². The monoisotopic (exact) mass is 516 g/mol. The second-order valence-corrected chi connectivity index (χ2v) is 9.38. The number of carboxylic acid groups (broad SMARTS) is 1. The van der Waals surface area contributed by atoms with Gasteiger partial charge in [0.15, 0.2) is 5.76 Å². The molecule has 6 rings (SSSR count). The van der Waals surface area contributed by atoms with Crippen molar-refractivity contribution in [3.05, 3.63) is 117 Å². The molecule has 0 spiro atoms. The molecule has 8 heteroatoms. The van der Waals surface area contributed by atoms with Crippen LogP contribution in [0.5, 0.6) is 0 Å².